The Labute approximate surface area is 115 Å². The fourth-order valence-corrected chi connectivity index (χ4v) is 1.91. The van der Waals surface area contributed by atoms with Gasteiger partial charge in [0.1, 0.15) is 0 Å². The van der Waals surface area contributed by atoms with Crippen molar-refractivity contribution < 1.29 is 28.2 Å². The number of hydrogen-bond acceptors (Lipinski definition) is 3. The first-order valence-corrected chi connectivity index (χ1v) is 6.20. The molecular formula is C14H16F2O4. The van der Waals surface area contributed by atoms with Gasteiger partial charge in [-0.3, -0.25) is 0 Å². The molecule has 20 heavy (non-hydrogen) atoms. The van der Waals surface area contributed by atoms with Gasteiger partial charge < -0.3 is 9.84 Å². The summed E-state index contributed by atoms with van der Waals surface area (Å²) in [6.07, 6.45) is -0.608. The molecule has 0 bridgehead atoms. The van der Waals surface area contributed by atoms with Crippen LogP contribution in [0.4, 0.5) is 8.78 Å². The van der Waals surface area contributed by atoms with Gasteiger partial charge in [-0.1, -0.05) is 32.0 Å². The van der Waals surface area contributed by atoms with Gasteiger partial charge in [0.05, 0.1) is 5.56 Å². The van der Waals surface area contributed by atoms with Crippen molar-refractivity contribution in [2.24, 2.45) is 0 Å². The molecule has 0 aliphatic rings. The number of carbonyl (C=O) groups is 2. The molecule has 0 unspecified atom stereocenters. The Morgan fingerprint density at radius 1 is 1.15 bits per heavy atom. The molecule has 6 heteroatoms. The first kappa shape index (κ1) is 16.1. The molecule has 0 heterocycles. The maximum Gasteiger partial charge on any atom is 0.381 e. The summed E-state index contributed by atoms with van der Waals surface area (Å²) in [5, 5.41) is 8.68. The van der Waals surface area contributed by atoms with Crippen molar-refractivity contribution in [2.45, 2.75) is 38.2 Å². The zero-order valence-electron chi connectivity index (χ0n) is 11.2. The number of esters is 1. The van der Waals surface area contributed by atoms with E-state index in [1.807, 2.05) is 0 Å². The number of aliphatic carboxylic acids is 1. The predicted molar refractivity (Wildman–Crippen MR) is 67.8 cm³/mol. The van der Waals surface area contributed by atoms with Crippen LogP contribution in [0.15, 0.2) is 30.3 Å². The Kier molecular flexibility index (Phi) is 4.81. The van der Waals surface area contributed by atoms with E-state index in [0.29, 0.717) is 0 Å². The number of halogens is 2. The van der Waals surface area contributed by atoms with Crippen molar-refractivity contribution in [2.75, 3.05) is 0 Å². The van der Waals surface area contributed by atoms with Crippen LogP contribution in [0.2, 0.25) is 0 Å². The van der Waals surface area contributed by atoms with Gasteiger partial charge in [-0.2, -0.15) is 8.78 Å². The summed E-state index contributed by atoms with van der Waals surface area (Å²) in [6.45, 7) is 2.72. The van der Waals surface area contributed by atoms with Crippen LogP contribution in [0.1, 0.15) is 37.0 Å². The third-order valence-corrected chi connectivity index (χ3v) is 3.28. The standard InChI is InChI=1S/C14H16F2O4/c1-3-13(4-2,14(15,16)12(18)19)20-11(17)10-8-6-5-7-9-10/h5-9H,3-4H2,1-2H3,(H,18,19). The zero-order chi connectivity index (χ0) is 15.4. The van der Waals surface area contributed by atoms with Crippen LogP contribution in [0, 0.1) is 0 Å². The molecule has 110 valence electrons. The van der Waals surface area contributed by atoms with E-state index < -0.39 is 23.5 Å². The minimum Gasteiger partial charge on any atom is -0.477 e. The summed E-state index contributed by atoms with van der Waals surface area (Å²) < 4.78 is 32.6. The first-order chi connectivity index (χ1) is 9.30. The van der Waals surface area contributed by atoms with E-state index in [2.05, 4.69) is 0 Å². The van der Waals surface area contributed by atoms with Crippen molar-refractivity contribution in [1.82, 2.24) is 0 Å². The monoisotopic (exact) mass is 286 g/mol. The molecule has 4 nitrogen and oxygen atoms in total. The van der Waals surface area contributed by atoms with Gasteiger partial charge in [-0.25, -0.2) is 9.59 Å². The number of alkyl halides is 2. The minimum atomic E-state index is -4.15. The van der Waals surface area contributed by atoms with Crippen molar-refractivity contribution in [1.29, 1.82) is 0 Å². The Morgan fingerprint density at radius 2 is 1.65 bits per heavy atom. The molecule has 1 aromatic carbocycles. The highest BCUT2D eigenvalue weighted by Crippen LogP contribution is 2.38. The van der Waals surface area contributed by atoms with Crippen molar-refractivity contribution in [3.8, 4) is 0 Å². The largest absolute Gasteiger partial charge is 0.477 e. The van der Waals surface area contributed by atoms with Gasteiger partial charge >= 0.3 is 17.9 Å². The first-order valence-electron chi connectivity index (χ1n) is 6.20. The van der Waals surface area contributed by atoms with Crippen LogP contribution >= 0.6 is 0 Å². The van der Waals surface area contributed by atoms with Crippen LogP contribution in [-0.2, 0) is 9.53 Å². The number of carboxylic acids is 1. The molecule has 0 spiro atoms. The van der Waals surface area contributed by atoms with Crippen LogP contribution in [0.25, 0.3) is 0 Å². The lowest BCUT2D eigenvalue weighted by Gasteiger charge is -2.35. The second-order valence-corrected chi connectivity index (χ2v) is 4.34. The number of benzene rings is 1. The average molecular weight is 286 g/mol. The molecular weight excluding hydrogens is 270 g/mol. The third-order valence-electron chi connectivity index (χ3n) is 3.28. The maximum absolute atomic E-state index is 13.9. The fraction of sp³-hybridized carbons (Fsp3) is 0.429. The number of carboxylic acid groups (broad SMARTS) is 1. The van der Waals surface area contributed by atoms with Crippen molar-refractivity contribution in [3.05, 3.63) is 35.9 Å². The molecule has 0 amide bonds. The summed E-state index contributed by atoms with van der Waals surface area (Å²) in [4.78, 5) is 22.7. The summed E-state index contributed by atoms with van der Waals surface area (Å²) in [5.41, 5.74) is -2.26. The van der Waals surface area contributed by atoms with Gasteiger partial charge in [-0.15, -0.1) is 0 Å². The molecule has 0 aliphatic heterocycles. The number of ether oxygens (including phenoxy) is 1. The smallest absolute Gasteiger partial charge is 0.381 e. The molecule has 0 saturated heterocycles. The van der Waals surface area contributed by atoms with E-state index in [4.69, 9.17) is 9.84 Å². The molecule has 0 aromatic heterocycles. The van der Waals surface area contributed by atoms with Crippen LogP contribution in [0.3, 0.4) is 0 Å². The van der Waals surface area contributed by atoms with Crippen molar-refractivity contribution in [3.63, 3.8) is 0 Å². The summed E-state index contributed by atoms with van der Waals surface area (Å²) in [5.74, 6) is -7.42. The average Bonchev–Trinajstić information content (AvgIpc) is 2.45. The molecule has 0 saturated carbocycles. The summed E-state index contributed by atoms with van der Waals surface area (Å²) in [6, 6.07) is 7.61. The Balaban J connectivity index is 3.10. The number of hydrogen-bond donors (Lipinski definition) is 1. The van der Waals surface area contributed by atoms with E-state index in [9.17, 15) is 18.4 Å². The predicted octanol–water partition coefficient (Wildman–Crippen LogP) is 3.12. The second kappa shape index (κ2) is 5.98. The number of carbonyl (C=O) groups excluding carboxylic acids is 1. The molecule has 0 aliphatic carbocycles. The fourth-order valence-electron chi connectivity index (χ4n) is 1.91. The Morgan fingerprint density at radius 3 is 2.05 bits per heavy atom. The van der Waals surface area contributed by atoms with E-state index in [1.54, 1.807) is 18.2 Å². The Bertz CT molecular complexity index is 481. The molecule has 0 atom stereocenters. The maximum atomic E-state index is 13.9. The lowest BCUT2D eigenvalue weighted by Crippen LogP contribution is -2.55. The highest BCUT2D eigenvalue weighted by Gasteiger charge is 2.60. The number of rotatable bonds is 6. The normalized spacial score (nSPS) is 12.0. The van der Waals surface area contributed by atoms with Crippen LogP contribution in [-0.4, -0.2) is 28.6 Å². The topological polar surface area (TPSA) is 63.6 Å². The lowest BCUT2D eigenvalue weighted by molar-refractivity contribution is -0.210. The second-order valence-electron chi connectivity index (χ2n) is 4.34. The highest BCUT2D eigenvalue weighted by atomic mass is 19.3. The molecule has 1 N–H and O–H groups in total. The molecule has 1 rings (SSSR count). The molecule has 0 fully saturated rings. The van der Waals surface area contributed by atoms with Crippen LogP contribution < -0.4 is 0 Å². The molecule has 1 aromatic rings. The zero-order valence-corrected chi connectivity index (χ0v) is 11.2. The van der Waals surface area contributed by atoms with Gasteiger partial charge in [0.15, 0.2) is 5.60 Å². The summed E-state index contributed by atoms with van der Waals surface area (Å²) >= 11 is 0. The van der Waals surface area contributed by atoms with E-state index in [-0.39, 0.29) is 18.4 Å². The van der Waals surface area contributed by atoms with Gasteiger partial charge in [0.25, 0.3) is 0 Å². The van der Waals surface area contributed by atoms with Crippen molar-refractivity contribution >= 4 is 11.9 Å². The minimum absolute atomic E-state index is 0.0972. The highest BCUT2D eigenvalue weighted by molar-refractivity contribution is 5.90. The molecule has 0 radical (unpaired) electrons. The van der Waals surface area contributed by atoms with Gasteiger partial charge in [-0.05, 0) is 25.0 Å². The van der Waals surface area contributed by atoms with E-state index >= 15 is 0 Å². The SMILES string of the molecule is CCC(CC)(OC(=O)c1ccccc1)C(F)(F)C(=O)O. The lowest BCUT2D eigenvalue weighted by atomic mass is 9.89. The van der Waals surface area contributed by atoms with E-state index in [0.717, 1.165) is 0 Å². The third kappa shape index (κ3) is 2.79. The quantitative estimate of drug-likeness (QED) is 0.816. The van der Waals surface area contributed by atoms with Crippen LogP contribution in [0.5, 0.6) is 0 Å². The van der Waals surface area contributed by atoms with E-state index in [1.165, 1.54) is 26.0 Å². The Hall–Kier alpha value is -1.98. The van der Waals surface area contributed by atoms with Gasteiger partial charge in [0.2, 0.25) is 0 Å². The van der Waals surface area contributed by atoms with Gasteiger partial charge in [0, 0.05) is 0 Å². The summed E-state index contributed by atoms with van der Waals surface area (Å²) in [7, 11) is 0.